The van der Waals surface area contributed by atoms with Gasteiger partial charge in [-0.3, -0.25) is 19.1 Å². The number of nitrogens with one attached hydrogen (secondary N) is 1. The number of amides is 1. The van der Waals surface area contributed by atoms with E-state index in [0.717, 1.165) is 5.56 Å². The van der Waals surface area contributed by atoms with E-state index in [1.54, 1.807) is 27.0 Å². The van der Waals surface area contributed by atoms with Crippen LogP contribution in [0.4, 0.5) is 17.6 Å². The second-order valence-electron chi connectivity index (χ2n) is 14.0. The lowest BCUT2D eigenvalue weighted by Gasteiger charge is -2.34. The van der Waals surface area contributed by atoms with Gasteiger partial charge in [0.1, 0.15) is 29.7 Å². The zero-order valence-electron chi connectivity index (χ0n) is 30.1. The van der Waals surface area contributed by atoms with Gasteiger partial charge in [-0.05, 0) is 98.4 Å². The van der Waals surface area contributed by atoms with Crippen LogP contribution in [0.5, 0.6) is 0 Å². The molecule has 0 aliphatic carbocycles. The van der Waals surface area contributed by atoms with Gasteiger partial charge in [-0.15, -0.1) is 0 Å². The summed E-state index contributed by atoms with van der Waals surface area (Å²) < 4.78 is 66.7. The predicted octanol–water partition coefficient (Wildman–Crippen LogP) is 6.97. The summed E-state index contributed by atoms with van der Waals surface area (Å²) in [5.41, 5.74) is 1.36. The van der Waals surface area contributed by atoms with Crippen LogP contribution < -0.4 is 11.0 Å². The standard InChI is InChI=1S/C38H48F4N4O4/c1-9-50-31(47)16-29(33-34(41)24(8)15-28(35(33)42)32-22(6)13-26(39)14-23(32)7)43-37(48)30(12-20(2)3)46-17-25(10-11-45-18-27(40)19-45)36(21(4)5)44-38(46)49/h13-15,17,20-21,27,29-30H,9-12,16,18-19H2,1-8H3,(H,43,48)/t29-,30-/m0/s1. The molecular formula is C38H48F4N4O4. The summed E-state index contributed by atoms with van der Waals surface area (Å²) in [4.78, 5) is 47.0. The number of hydrogen-bond donors (Lipinski definition) is 1. The number of carbonyl (C=O) groups is 2. The molecule has 2 aromatic carbocycles. The first-order valence-corrected chi connectivity index (χ1v) is 17.2. The number of ether oxygens (including phenoxy) is 1. The number of halogens is 4. The van der Waals surface area contributed by atoms with Gasteiger partial charge in [-0.1, -0.05) is 27.7 Å². The Labute approximate surface area is 291 Å². The first-order valence-electron chi connectivity index (χ1n) is 17.2. The van der Waals surface area contributed by atoms with Crippen LogP contribution >= 0.6 is 0 Å². The fourth-order valence-electron chi connectivity index (χ4n) is 6.70. The van der Waals surface area contributed by atoms with Crippen molar-refractivity contribution in [2.75, 3.05) is 26.2 Å². The van der Waals surface area contributed by atoms with E-state index >= 15 is 8.78 Å². The molecule has 272 valence electrons. The maximum atomic E-state index is 16.6. The molecule has 0 unspecified atom stereocenters. The number of alkyl halides is 1. The summed E-state index contributed by atoms with van der Waals surface area (Å²) in [5, 5.41) is 2.69. The summed E-state index contributed by atoms with van der Waals surface area (Å²) >= 11 is 0. The average molecular weight is 701 g/mol. The topological polar surface area (TPSA) is 93.5 Å². The molecule has 4 rings (SSSR count). The van der Waals surface area contributed by atoms with Crippen molar-refractivity contribution in [3.05, 3.63) is 85.8 Å². The molecule has 0 bridgehead atoms. The molecule has 2 atom stereocenters. The van der Waals surface area contributed by atoms with E-state index < -0.39 is 65.3 Å². The molecule has 1 saturated heterocycles. The molecule has 1 fully saturated rings. The first-order chi connectivity index (χ1) is 23.5. The van der Waals surface area contributed by atoms with Gasteiger partial charge >= 0.3 is 11.7 Å². The van der Waals surface area contributed by atoms with E-state index in [2.05, 4.69) is 10.3 Å². The molecule has 1 aliphatic rings. The molecule has 1 aliphatic heterocycles. The Hall–Kier alpha value is -4.06. The SMILES string of the molecule is CCOC(=O)C[C@H](NC(=O)[C@H](CC(C)C)n1cc(CCN2CC(F)C2)c(C(C)C)nc1=O)c1c(F)c(C)cc(-c2c(C)cc(F)cc2C)c1F. The second kappa shape index (κ2) is 16.3. The van der Waals surface area contributed by atoms with Crippen LogP contribution in [-0.4, -0.2) is 58.7 Å². The number of rotatable bonds is 14. The van der Waals surface area contributed by atoms with Crippen molar-refractivity contribution in [2.45, 2.75) is 98.8 Å². The zero-order chi connectivity index (χ0) is 37.0. The number of benzene rings is 2. The first kappa shape index (κ1) is 38.7. The number of aromatic nitrogens is 2. The fraction of sp³-hybridized carbons (Fsp3) is 0.526. The van der Waals surface area contributed by atoms with Crippen molar-refractivity contribution < 1.29 is 31.9 Å². The normalized spacial score (nSPS) is 14.9. The second-order valence-corrected chi connectivity index (χ2v) is 14.0. The molecule has 12 heteroatoms. The summed E-state index contributed by atoms with van der Waals surface area (Å²) in [7, 11) is 0. The van der Waals surface area contributed by atoms with E-state index in [1.165, 1.54) is 29.7 Å². The maximum absolute atomic E-state index is 16.6. The Morgan fingerprint density at radius 3 is 2.20 bits per heavy atom. The fourth-order valence-corrected chi connectivity index (χ4v) is 6.70. The third-order valence-electron chi connectivity index (χ3n) is 9.08. The Morgan fingerprint density at radius 2 is 1.64 bits per heavy atom. The highest BCUT2D eigenvalue weighted by Crippen LogP contribution is 2.37. The van der Waals surface area contributed by atoms with Crippen molar-refractivity contribution in [1.29, 1.82) is 0 Å². The minimum Gasteiger partial charge on any atom is -0.466 e. The zero-order valence-corrected chi connectivity index (χ0v) is 30.1. The van der Waals surface area contributed by atoms with Crippen LogP contribution in [-0.2, 0) is 20.7 Å². The van der Waals surface area contributed by atoms with E-state index in [0.29, 0.717) is 48.4 Å². The summed E-state index contributed by atoms with van der Waals surface area (Å²) in [6.07, 6.45) is 0.794. The van der Waals surface area contributed by atoms with E-state index in [9.17, 15) is 23.2 Å². The summed E-state index contributed by atoms with van der Waals surface area (Å²) in [6.45, 7) is 15.0. The lowest BCUT2D eigenvalue weighted by molar-refractivity contribution is -0.144. The van der Waals surface area contributed by atoms with Crippen molar-refractivity contribution >= 4 is 11.9 Å². The third kappa shape index (κ3) is 8.80. The molecule has 8 nitrogen and oxygen atoms in total. The molecule has 1 aromatic heterocycles. The highest BCUT2D eigenvalue weighted by molar-refractivity contribution is 5.82. The van der Waals surface area contributed by atoms with Crippen molar-refractivity contribution in [3.63, 3.8) is 0 Å². The maximum Gasteiger partial charge on any atom is 0.348 e. The molecule has 0 saturated carbocycles. The third-order valence-corrected chi connectivity index (χ3v) is 9.08. The van der Waals surface area contributed by atoms with Gasteiger partial charge in [0.25, 0.3) is 0 Å². The summed E-state index contributed by atoms with van der Waals surface area (Å²) in [5.74, 6) is -4.20. The largest absolute Gasteiger partial charge is 0.466 e. The number of carbonyl (C=O) groups excluding carboxylic acids is 2. The minimum absolute atomic E-state index is 0.00290. The molecule has 0 radical (unpaired) electrons. The van der Waals surface area contributed by atoms with E-state index in [1.807, 2.05) is 32.6 Å². The van der Waals surface area contributed by atoms with Gasteiger partial charge in [0, 0.05) is 37.0 Å². The van der Waals surface area contributed by atoms with Gasteiger partial charge in [-0.2, -0.15) is 4.98 Å². The van der Waals surface area contributed by atoms with Crippen LogP contribution in [0.25, 0.3) is 11.1 Å². The number of likely N-dealkylation sites (tertiary alicyclic amines) is 1. The predicted molar refractivity (Wildman–Crippen MR) is 184 cm³/mol. The average Bonchev–Trinajstić information content (AvgIpc) is 3.00. The minimum atomic E-state index is -1.52. The number of hydrogen-bond acceptors (Lipinski definition) is 6. The van der Waals surface area contributed by atoms with Crippen molar-refractivity contribution in [3.8, 4) is 11.1 Å². The van der Waals surface area contributed by atoms with Crippen molar-refractivity contribution in [1.82, 2.24) is 19.8 Å². The Morgan fingerprint density at radius 1 is 1.00 bits per heavy atom. The van der Waals surface area contributed by atoms with Crippen LogP contribution in [0, 0.1) is 44.1 Å². The number of esters is 1. The molecule has 1 amide bonds. The highest BCUT2D eigenvalue weighted by Gasteiger charge is 2.33. The van der Waals surface area contributed by atoms with Crippen molar-refractivity contribution in [2.24, 2.45) is 5.92 Å². The van der Waals surface area contributed by atoms with Gasteiger partial charge < -0.3 is 10.1 Å². The number of nitrogens with zero attached hydrogens (tertiary/aromatic N) is 3. The highest BCUT2D eigenvalue weighted by atomic mass is 19.1. The molecule has 50 heavy (non-hydrogen) atoms. The smallest absolute Gasteiger partial charge is 0.348 e. The molecule has 1 N–H and O–H groups in total. The Kier molecular flexibility index (Phi) is 12.6. The van der Waals surface area contributed by atoms with Crippen LogP contribution in [0.1, 0.15) is 99.0 Å². The lowest BCUT2D eigenvalue weighted by Crippen LogP contribution is -2.49. The van der Waals surface area contributed by atoms with Crippen LogP contribution in [0.15, 0.2) is 29.2 Å². The van der Waals surface area contributed by atoms with Gasteiger partial charge in [0.05, 0.1) is 24.8 Å². The van der Waals surface area contributed by atoms with Crippen LogP contribution in [0.3, 0.4) is 0 Å². The van der Waals surface area contributed by atoms with Crippen LogP contribution in [0.2, 0.25) is 0 Å². The Bertz CT molecular complexity index is 1760. The molecule has 2 heterocycles. The van der Waals surface area contributed by atoms with Gasteiger partial charge in [-0.25, -0.2) is 22.4 Å². The van der Waals surface area contributed by atoms with Gasteiger partial charge in [0.15, 0.2) is 0 Å². The molecular weight excluding hydrogens is 652 g/mol. The summed E-state index contributed by atoms with van der Waals surface area (Å²) in [6, 6.07) is 1.16. The molecule has 0 spiro atoms. The lowest BCUT2D eigenvalue weighted by atomic mass is 9.89. The quantitative estimate of drug-likeness (QED) is 0.144. The Balaban J connectivity index is 1.81. The number of aryl methyl sites for hydroxylation is 3. The van der Waals surface area contributed by atoms with E-state index in [-0.39, 0.29) is 36.0 Å². The molecule has 3 aromatic rings. The monoisotopic (exact) mass is 700 g/mol. The van der Waals surface area contributed by atoms with E-state index in [4.69, 9.17) is 4.74 Å². The van der Waals surface area contributed by atoms with Gasteiger partial charge in [0.2, 0.25) is 5.91 Å².